The second-order valence-corrected chi connectivity index (χ2v) is 6.48. The van der Waals surface area contributed by atoms with Gasteiger partial charge in [0.1, 0.15) is 0 Å². The van der Waals surface area contributed by atoms with E-state index in [-0.39, 0.29) is 11.4 Å². The average Bonchev–Trinajstić information content (AvgIpc) is 2.11. The van der Waals surface area contributed by atoms with E-state index in [0.717, 1.165) is 0 Å². The fraction of sp³-hybridized carbons (Fsp3) is 0.846. The Balaban J connectivity index is 5.11. The van der Waals surface area contributed by atoms with Gasteiger partial charge in [0, 0.05) is 12.5 Å². The van der Waals surface area contributed by atoms with Gasteiger partial charge in [-0.25, -0.2) is 0 Å². The highest BCUT2D eigenvalue weighted by molar-refractivity contribution is 5.80. The minimum Gasteiger partial charge on any atom is -0.452 e. The largest absolute Gasteiger partial charge is 0.452 e. The number of nitrogens with one attached hydrogen (secondary N) is 1. The summed E-state index contributed by atoms with van der Waals surface area (Å²) in [4.78, 5) is 12.0. The van der Waals surface area contributed by atoms with Gasteiger partial charge in [0.2, 0.25) is 0 Å². The summed E-state index contributed by atoms with van der Waals surface area (Å²) >= 11 is 0. The van der Waals surface area contributed by atoms with Crippen LogP contribution in [-0.4, -0.2) is 24.8 Å². The van der Waals surface area contributed by atoms with Gasteiger partial charge in [0.05, 0.1) is 11.6 Å². The summed E-state index contributed by atoms with van der Waals surface area (Å²) in [5.41, 5.74) is 1.21. The van der Waals surface area contributed by atoms with Crippen LogP contribution in [0.5, 0.6) is 0 Å². The first kappa shape index (κ1) is 15.9. The lowest BCUT2D eigenvalue weighted by Crippen LogP contribution is -2.48. The molecule has 0 saturated carbocycles. The van der Waals surface area contributed by atoms with Gasteiger partial charge in [-0.05, 0) is 27.7 Å². The van der Waals surface area contributed by atoms with Gasteiger partial charge in [-0.15, -0.1) is 0 Å². The minimum absolute atomic E-state index is 0.225. The molecule has 17 heavy (non-hydrogen) atoms. The topological polar surface area (TPSA) is 50.7 Å². The van der Waals surface area contributed by atoms with E-state index in [4.69, 9.17) is 4.74 Å². The van der Waals surface area contributed by atoms with E-state index >= 15 is 0 Å². The van der Waals surface area contributed by atoms with Crippen molar-refractivity contribution < 1.29 is 9.53 Å². The van der Waals surface area contributed by atoms with Crippen LogP contribution in [0.25, 0.3) is 0 Å². The summed E-state index contributed by atoms with van der Waals surface area (Å²) in [6.07, 6.45) is 1.65. The van der Waals surface area contributed by atoms with Crippen molar-refractivity contribution in [2.24, 2.45) is 15.9 Å². The molecule has 0 saturated heterocycles. The molecular formula is C13H26N2O2. The van der Waals surface area contributed by atoms with Crippen LogP contribution in [0.15, 0.2) is 5.10 Å². The smallest absolute Gasteiger partial charge is 0.312 e. The predicted octanol–water partition coefficient (Wildman–Crippen LogP) is 2.59. The Labute approximate surface area is 105 Å². The molecule has 100 valence electrons. The van der Waals surface area contributed by atoms with Crippen LogP contribution in [0.1, 0.15) is 48.5 Å². The van der Waals surface area contributed by atoms with E-state index < -0.39 is 11.0 Å². The first-order valence-corrected chi connectivity index (χ1v) is 5.88. The molecule has 0 aromatic carbocycles. The standard InChI is InChI=1S/C13H26N2O2/c1-11(2,3)10(16)17-13(7,9-15-14-8)12(4,5)6/h9,14H,1-8H3/b15-9-. The molecular weight excluding hydrogens is 216 g/mol. The third-order valence-corrected chi connectivity index (χ3v) is 2.85. The predicted molar refractivity (Wildman–Crippen MR) is 71.0 cm³/mol. The van der Waals surface area contributed by atoms with Crippen molar-refractivity contribution in [1.29, 1.82) is 0 Å². The molecule has 0 fully saturated rings. The van der Waals surface area contributed by atoms with E-state index in [0.29, 0.717) is 0 Å². The first-order valence-electron chi connectivity index (χ1n) is 5.88. The monoisotopic (exact) mass is 242 g/mol. The molecule has 4 heteroatoms. The normalized spacial score (nSPS) is 16.7. The van der Waals surface area contributed by atoms with Crippen LogP contribution in [-0.2, 0) is 9.53 Å². The van der Waals surface area contributed by atoms with Crippen molar-refractivity contribution in [2.75, 3.05) is 7.05 Å². The number of nitrogens with zero attached hydrogens (tertiary/aromatic N) is 1. The van der Waals surface area contributed by atoms with Crippen LogP contribution in [0.3, 0.4) is 0 Å². The maximum atomic E-state index is 12.0. The van der Waals surface area contributed by atoms with Gasteiger partial charge in [0.15, 0.2) is 5.60 Å². The maximum absolute atomic E-state index is 12.0. The van der Waals surface area contributed by atoms with Gasteiger partial charge in [-0.2, -0.15) is 5.10 Å². The van der Waals surface area contributed by atoms with Crippen LogP contribution < -0.4 is 5.43 Å². The number of hydrazone groups is 1. The molecule has 0 aromatic rings. The molecule has 0 aliphatic carbocycles. The lowest BCUT2D eigenvalue weighted by molar-refractivity contribution is -0.169. The number of ether oxygens (including phenoxy) is 1. The van der Waals surface area contributed by atoms with E-state index in [1.807, 2.05) is 48.5 Å². The molecule has 1 atom stereocenters. The van der Waals surface area contributed by atoms with Crippen LogP contribution in [0.4, 0.5) is 0 Å². The molecule has 0 aliphatic heterocycles. The Morgan fingerprint density at radius 3 is 1.88 bits per heavy atom. The third-order valence-electron chi connectivity index (χ3n) is 2.85. The Morgan fingerprint density at radius 2 is 1.59 bits per heavy atom. The van der Waals surface area contributed by atoms with E-state index in [2.05, 4.69) is 10.5 Å². The summed E-state index contributed by atoms with van der Waals surface area (Å²) in [5, 5.41) is 3.99. The zero-order valence-electron chi connectivity index (χ0n) is 12.3. The third kappa shape index (κ3) is 4.36. The summed E-state index contributed by atoms with van der Waals surface area (Å²) in [5.74, 6) is -0.225. The number of hydrogen-bond acceptors (Lipinski definition) is 4. The minimum atomic E-state index is -0.736. The van der Waals surface area contributed by atoms with Gasteiger partial charge < -0.3 is 10.2 Å². The second-order valence-electron chi connectivity index (χ2n) is 6.48. The molecule has 0 bridgehead atoms. The van der Waals surface area contributed by atoms with Crippen LogP contribution in [0.2, 0.25) is 0 Å². The highest BCUT2D eigenvalue weighted by Crippen LogP contribution is 2.34. The van der Waals surface area contributed by atoms with E-state index in [9.17, 15) is 4.79 Å². The van der Waals surface area contributed by atoms with Crippen molar-refractivity contribution in [2.45, 2.75) is 54.1 Å². The highest BCUT2D eigenvalue weighted by Gasteiger charge is 2.42. The van der Waals surface area contributed by atoms with Gasteiger partial charge in [-0.1, -0.05) is 20.8 Å². The maximum Gasteiger partial charge on any atom is 0.312 e. The van der Waals surface area contributed by atoms with Crippen molar-refractivity contribution in [3.63, 3.8) is 0 Å². The zero-order valence-corrected chi connectivity index (χ0v) is 12.3. The zero-order chi connectivity index (χ0) is 13.9. The summed E-state index contributed by atoms with van der Waals surface area (Å²) < 4.78 is 5.64. The molecule has 0 aromatic heterocycles. The molecule has 0 aliphatic rings. The Morgan fingerprint density at radius 1 is 1.12 bits per heavy atom. The summed E-state index contributed by atoms with van der Waals surface area (Å²) in [6.45, 7) is 13.5. The number of hydrogen-bond donors (Lipinski definition) is 1. The first-order chi connectivity index (χ1) is 7.44. The van der Waals surface area contributed by atoms with Crippen molar-refractivity contribution in [1.82, 2.24) is 5.43 Å². The van der Waals surface area contributed by atoms with E-state index in [1.165, 1.54) is 0 Å². The molecule has 0 radical (unpaired) electrons. The molecule has 4 nitrogen and oxygen atoms in total. The fourth-order valence-corrected chi connectivity index (χ4v) is 0.906. The molecule has 0 spiro atoms. The van der Waals surface area contributed by atoms with Gasteiger partial charge in [0.25, 0.3) is 0 Å². The van der Waals surface area contributed by atoms with Crippen molar-refractivity contribution >= 4 is 12.2 Å². The van der Waals surface area contributed by atoms with E-state index in [1.54, 1.807) is 13.3 Å². The summed E-state index contributed by atoms with van der Waals surface area (Å²) in [6, 6.07) is 0. The average molecular weight is 242 g/mol. The van der Waals surface area contributed by atoms with Crippen LogP contribution >= 0.6 is 0 Å². The Bertz CT molecular complexity index is 298. The molecule has 1 N–H and O–H groups in total. The Hall–Kier alpha value is -1.06. The van der Waals surface area contributed by atoms with Gasteiger partial charge >= 0.3 is 5.97 Å². The Kier molecular flexibility index (Phi) is 4.75. The number of carbonyl (C=O) groups is 1. The second kappa shape index (κ2) is 5.07. The molecule has 0 amide bonds. The van der Waals surface area contributed by atoms with Crippen molar-refractivity contribution in [3.8, 4) is 0 Å². The lowest BCUT2D eigenvalue weighted by atomic mass is 9.78. The number of rotatable bonds is 3. The molecule has 0 rings (SSSR count). The lowest BCUT2D eigenvalue weighted by Gasteiger charge is -2.39. The molecule has 1 unspecified atom stereocenters. The van der Waals surface area contributed by atoms with Crippen LogP contribution in [0, 0.1) is 10.8 Å². The quantitative estimate of drug-likeness (QED) is 0.470. The summed E-state index contributed by atoms with van der Waals surface area (Å²) in [7, 11) is 1.71. The van der Waals surface area contributed by atoms with Crippen molar-refractivity contribution in [3.05, 3.63) is 0 Å². The van der Waals surface area contributed by atoms with Gasteiger partial charge in [-0.3, -0.25) is 4.79 Å². The fourth-order valence-electron chi connectivity index (χ4n) is 0.906. The SMILES string of the molecule is CN/N=C\C(C)(OC(=O)C(C)(C)C)C(C)(C)C. The molecule has 0 heterocycles. The number of carbonyl (C=O) groups excluding carboxylic acids is 1. The number of esters is 1. The highest BCUT2D eigenvalue weighted by atomic mass is 16.6.